The predicted molar refractivity (Wildman–Crippen MR) is 116 cm³/mol. The van der Waals surface area contributed by atoms with Crippen LogP contribution in [0.2, 0.25) is 0 Å². The summed E-state index contributed by atoms with van der Waals surface area (Å²) in [5.74, 6) is 0.852. The lowest BCUT2D eigenvalue weighted by atomic mass is 10.1. The number of rotatable bonds is 7. The van der Waals surface area contributed by atoms with Crippen LogP contribution in [0.25, 0.3) is 0 Å². The second-order valence-corrected chi connectivity index (χ2v) is 8.73. The zero-order valence-electron chi connectivity index (χ0n) is 17.0. The fraction of sp³-hybridized carbons (Fsp3) is 0.435. The number of carbonyl (C=O) groups is 1. The Labute approximate surface area is 172 Å². The summed E-state index contributed by atoms with van der Waals surface area (Å²) >= 11 is 1.76. The number of aryl methyl sites for hydroxylation is 1. The van der Waals surface area contributed by atoms with Gasteiger partial charge in [0.1, 0.15) is 0 Å². The molecule has 150 valence electrons. The summed E-state index contributed by atoms with van der Waals surface area (Å²) in [6, 6.07) is 16.4. The average molecular weight is 399 g/mol. The molecule has 1 saturated heterocycles. The zero-order valence-corrected chi connectivity index (χ0v) is 17.8. The molecule has 0 saturated carbocycles. The molecule has 3 rings (SSSR count). The largest absolute Gasteiger partial charge is 0.373 e. The lowest BCUT2D eigenvalue weighted by Gasteiger charge is -2.35. The van der Waals surface area contributed by atoms with Crippen molar-refractivity contribution in [1.82, 2.24) is 10.2 Å². The molecular formula is C23H30N2O2S. The van der Waals surface area contributed by atoms with E-state index < -0.39 is 0 Å². The van der Waals surface area contributed by atoms with Gasteiger partial charge >= 0.3 is 0 Å². The van der Waals surface area contributed by atoms with Crippen LogP contribution in [0.3, 0.4) is 0 Å². The van der Waals surface area contributed by atoms with Gasteiger partial charge in [-0.3, -0.25) is 9.69 Å². The van der Waals surface area contributed by atoms with Gasteiger partial charge in [0.05, 0.1) is 12.2 Å². The Kier molecular flexibility index (Phi) is 7.54. The molecule has 2 unspecified atom stereocenters. The zero-order chi connectivity index (χ0) is 19.9. The number of carbonyl (C=O) groups excluding carboxylic acids is 1. The van der Waals surface area contributed by atoms with Crippen molar-refractivity contribution >= 4 is 17.7 Å². The number of ether oxygens (including phenoxy) is 1. The minimum atomic E-state index is -0.00956. The van der Waals surface area contributed by atoms with E-state index in [2.05, 4.69) is 67.4 Å². The third kappa shape index (κ3) is 6.36. The first-order chi connectivity index (χ1) is 13.5. The molecular weight excluding hydrogens is 368 g/mol. The van der Waals surface area contributed by atoms with Gasteiger partial charge in [0.15, 0.2) is 0 Å². The van der Waals surface area contributed by atoms with Crippen molar-refractivity contribution in [2.24, 2.45) is 0 Å². The molecule has 0 aromatic heterocycles. The molecule has 1 aliphatic heterocycles. The molecule has 1 aliphatic rings. The molecule has 2 atom stereocenters. The highest BCUT2D eigenvalue weighted by Crippen LogP contribution is 2.18. The number of hydrogen-bond donors (Lipinski definition) is 1. The fourth-order valence-electron chi connectivity index (χ4n) is 3.50. The molecule has 0 aliphatic carbocycles. The Hall–Kier alpha value is -1.82. The van der Waals surface area contributed by atoms with E-state index in [0.717, 1.165) is 25.4 Å². The van der Waals surface area contributed by atoms with Crippen LogP contribution in [-0.2, 0) is 11.3 Å². The highest BCUT2D eigenvalue weighted by atomic mass is 32.2. The van der Waals surface area contributed by atoms with Crippen molar-refractivity contribution in [1.29, 1.82) is 0 Å². The van der Waals surface area contributed by atoms with Crippen LogP contribution in [0.4, 0.5) is 0 Å². The number of morpholine rings is 1. The van der Waals surface area contributed by atoms with Crippen LogP contribution in [-0.4, -0.2) is 48.4 Å². The van der Waals surface area contributed by atoms with Crippen molar-refractivity contribution in [3.63, 3.8) is 0 Å². The van der Waals surface area contributed by atoms with E-state index in [0.29, 0.717) is 12.1 Å². The first kappa shape index (κ1) is 20.9. The minimum absolute atomic E-state index is 0.00956. The summed E-state index contributed by atoms with van der Waals surface area (Å²) < 4.78 is 5.79. The van der Waals surface area contributed by atoms with Crippen LogP contribution >= 0.6 is 11.8 Å². The van der Waals surface area contributed by atoms with Gasteiger partial charge < -0.3 is 10.1 Å². The van der Waals surface area contributed by atoms with Gasteiger partial charge in [0.25, 0.3) is 5.91 Å². The Morgan fingerprint density at radius 2 is 1.71 bits per heavy atom. The van der Waals surface area contributed by atoms with E-state index in [4.69, 9.17) is 4.74 Å². The van der Waals surface area contributed by atoms with E-state index in [1.807, 2.05) is 12.1 Å². The van der Waals surface area contributed by atoms with Crippen LogP contribution in [0.1, 0.15) is 35.3 Å². The monoisotopic (exact) mass is 398 g/mol. The molecule has 1 fully saturated rings. The third-order valence-electron chi connectivity index (χ3n) is 4.79. The van der Waals surface area contributed by atoms with E-state index in [1.165, 1.54) is 16.0 Å². The molecule has 1 N–H and O–H groups in total. The highest BCUT2D eigenvalue weighted by molar-refractivity contribution is 7.99. The van der Waals surface area contributed by atoms with Gasteiger partial charge in [-0.1, -0.05) is 29.8 Å². The summed E-state index contributed by atoms with van der Waals surface area (Å²) in [5.41, 5.74) is 3.21. The van der Waals surface area contributed by atoms with E-state index in [1.54, 1.807) is 11.8 Å². The fourth-order valence-corrected chi connectivity index (χ4v) is 4.27. The van der Waals surface area contributed by atoms with Gasteiger partial charge in [-0.2, -0.15) is 0 Å². The lowest BCUT2D eigenvalue weighted by molar-refractivity contribution is -0.0704. The molecule has 1 amide bonds. The van der Waals surface area contributed by atoms with Gasteiger partial charge in [-0.15, -0.1) is 11.8 Å². The van der Waals surface area contributed by atoms with Crippen molar-refractivity contribution in [3.8, 4) is 0 Å². The average Bonchev–Trinajstić information content (AvgIpc) is 2.66. The van der Waals surface area contributed by atoms with Crippen molar-refractivity contribution in [2.75, 3.05) is 25.4 Å². The summed E-state index contributed by atoms with van der Waals surface area (Å²) in [7, 11) is 0. The van der Waals surface area contributed by atoms with Gasteiger partial charge in [-0.25, -0.2) is 0 Å². The first-order valence-electron chi connectivity index (χ1n) is 9.94. The quantitative estimate of drug-likeness (QED) is 0.563. The van der Waals surface area contributed by atoms with Crippen LogP contribution in [0, 0.1) is 6.92 Å². The molecule has 0 radical (unpaired) electrons. The molecule has 4 nitrogen and oxygen atoms in total. The number of nitrogens with one attached hydrogen (secondary N) is 1. The molecule has 5 heteroatoms. The maximum atomic E-state index is 12.3. The SMILES string of the molecule is Cc1ccc(SCCNC(=O)c2ccc(CN3CC(C)OC(C)C3)cc2)cc1. The number of benzene rings is 2. The number of nitrogens with zero attached hydrogens (tertiary/aromatic N) is 1. The summed E-state index contributed by atoms with van der Waals surface area (Å²) in [6.45, 7) is 9.77. The molecule has 1 heterocycles. The normalized spacial score (nSPS) is 20.1. The van der Waals surface area contributed by atoms with Gasteiger partial charge in [-0.05, 0) is 50.6 Å². The Morgan fingerprint density at radius 3 is 2.36 bits per heavy atom. The highest BCUT2D eigenvalue weighted by Gasteiger charge is 2.22. The lowest BCUT2D eigenvalue weighted by Crippen LogP contribution is -2.44. The molecule has 28 heavy (non-hydrogen) atoms. The Bertz CT molecular complexity index is 751. The van der Waals surface area contributed by atoms with Crippen LogP contribution in [0.5, 0.6) is 0 Å². The van der Waals surface area contributed by atoms with Gasteiger partial charge in [0.2, 0.25) is 0 Å². The maximum Gasteiger partial charge on any atom is 0.251 e. The van der Waals surface area contributed by atoms with Crippen molar-refractivity contribution < 1.29 is 9.53 Å². The maximum absolute atomic E-state index is 12.3. The third-order valence-corrected chi connectivity index (χ3v) is 5.81. The number of amides is 1. The Morgan fingerprint density at radius 1 is 1.07 bits per heavy atom. The van der Waals surface area contributed by atoms with Crippen LogP contribution < -0.4 is 5.32 Å². The second kappa shape index (κ2) is 10.1. The predicted octanol–water partition coefficient (Wildman–Crippen LogP) is 4.13. The van der Waals surface area contributed by atoms with Crippen molar-refractivity contribution in [2.45, 2.75) is 44.4 Å². The summed E-state index contributed by atoms with van der Waals surface area (Å²) in [5, 5.41) is 3.01. The summed E-state index contributed by atoms with van der Waals surface area (Å²) in [4.78, 5) is 16.0. The second-order valence-electron chi connectivity index (χ2n) is 7.57. The minimum Gasteiger partial charge on any atom is -0.373 e. The summed E-state index contributed by atoms with van der Waals surface area (Å²) in [6.07, 6.45) is 0.540. The smallest absolute Gasteiger partial charge is 0.251 e. The molecule has 0 bridgehead atoms. The first-order valence-corrected chi connectivity index (χ1v) is 10.9. The number of thioether (sulfide) groups is 1. The van der Waals surface area contributed by atoms with E-state index in [-0.39, 0.29) is 18.1 Å². The molecule has 2 aromatic carbocycles. The molecule has 2 aromatic rings. The molecule has 0 spiro atoms. The van der Waals surface area contributed by atoms with E-state index in [9.17, 15) is 4.79 Å². The Balaban J connectivity index is 1.42. The van der Waals surface area contributed by atoms with Gasteiger partial charge in [0, 0.05) is 42.4 Å². The van der Waals surface area contributed by atoms with Crippen LogP contribution in [0.15, 0.2) is 53.4 Å². The van der Waals surface area contributed by atoms with Crippen molar-refractivity contribution in [3.05, 3.63) is 65.2 Å². The van der Waals surface area contributed by atoms with E-state index >= 15 is 0 Å². The standard InChI is InChI=1S/C23H30N2O2S/c1-17-4-10-22(11-5-17)28-13-12-24-23(26)21-8-6-20(7-9-21)16-25-14-18(2)27-19(3)15-25/h4-11,18-19H,12-16H2,1-3H3,(H,24,26). The topological polar surface area (TPSA) is 41.6 Å². The number of hydrogen-bond acceptors (Lipinski definition) is 4.